The zero-order chi connectivity index (χ0) is 16.2. The van der Waals surface area contributed by atoms with Crippen molar-refractivity contribution >= 4 is 34.5 Å². The zero-order valence-corrected chi connectivity index (χ0v) is 13.5. The van der Waals surface area contributed by atoms with Gasteiger partial charge in [-0.15, -0.1) is 11.3 Å². The molecule has 0 fully saturated rings. The van der Waals surface area contributed by atoms with Crippen molar-refractivity contribution in [2.24, 2.45) is 0 Å². The van der Waals surface area contributed by atoms with Gasteiger partial charge in [0.05, 0.1) is 12.1 Å². The summed E-state index contributed by atoms with van der Waals surface area (Å²) in [5.74, 6) is -0.625. The molecular formula is C17H12ClFN2OS. The van der Waals surface area contributed by atoms with Gasteiger partial charge in [0.25, 0.3) is 5.91 Å². The molecule has 0 atom stereocenters. The standard InChI is InChI=1S/C17H12ClFN2OS/c18-16-15(4-1-9-20-16)17(22)21(11-14-3-2-10-23-14)13-7-5-12(19)6-8-13/h1-10H,11H2. The molecule has 0 aliphatic rings. The number of amides is 1. The number of halogens is 2. The van der Waals surface area contributed by atoms with E-state index in [-0.39, 0.29) is 16.9 Å². The summed E-state index contributed by atoms with van der Waals surface area (Å²) in [5, 5.41) is 2.09. The van der Waals surface area contributed by atoms with Gasteiger partial charge in [0.1, 0.15) is 11.0 Å². The Bertz CT molecular complexity index is 806. The number of thiophene rings is 1. The first kappa shape index (κ1) is 15.6. The molecule has 2 heterocycles. The molecule has 0 saturated carbocycles. The average Bonchev–Trinajstić information content (AvgIpc) is 3.07. The second kappa shape index (κ2) is 6.89. The van der Waals surface area contributed by atoms with Crippen LogP contribution >= 0.6 is 22.9 Å². The predicted molar refractivity (Wildman–Crippen MR) is 90.5 cm³/mol. The number of carbonyl (C=O) groups is 1. The lowest BCUT2D eigenvalue weighted by Gasteiger charge is -2.22. The molecule has 0 spiro atoms. The summed E-state index contributed by atoms with van der Waals surface area (Å²) >= 11 is 7.59. The van der Waals surface area contributed by atoms with Gasteiger partial charge in [-0.1, -0.05) is 17.7 Å². The molecule has 0 aliphatic heterocycles. The second-order valence-corrected chi connectivity index (χ2v) is 6.18. The van der Waals surface area contributed by atoms with Crippen LogP contribution in [0.15, 0.2) is 60.1 Å². The van der Waals surface area contributed by atoms with Crippen LogP contribution in [-0.2, 0) is 6.54 Å². The van der Waals surface area contributed by atoms with E-state index in [1.807, 2.05) is 17.5 Å². The Morgan fingerprint density at radius 3 is 2.61 bits per heavy atom. The molecule has 3 rings (SSSR count). The molecule has 2 aromatic heterocycles. The minimum Gasteiger partial charge on any atom is -0.303 e. The van der Waals surface area contributed by atoms with E-state index in [2.05, 4.69) is 4.98 Å². The molecule has 0 N–H and O–H groups in total. The SMILES string of the molecule is O=C(c1cccnc1Cl)N(Cc1cccs1)c1ccc(F)cc1. The van der Waals surface area contributed by atoms with Gasteiger partial charge in [-0.25, -0.2) is 9.37 Å². The summed E-state index contributed by atoms with van der Waals surface area (Å²) < 4.78 is 13.2. The highest BCUT2D eigenvalue weighted by Crippen LogP contribution is 2.24. The molecular weight excluding hydrogens is 335 g/mol. The fraction of sp³-hybridized carbons (Fsp3) is 0.0588. The molecule has 23 heavy (non-hydrogen) atoms. The van der Waals surface area contributed by atoms with Gasteiger partial charge < -0.3 is 4.90 Å². The molecule has 3 nitrogen and oxygen atoms in total. The van der Waals surface area contributed by atoms with Crippen LogP contribution < -0.4 is 4.90 Å². The predicted octanol–water partition coefficient (Wildman–Crippen LogP) is 4.78. The van der Waals surface area contributed by atoms with Crippen molar-refractivity contribution in [3.8, 4) is 0 Å². The molecule has 116 valence electrons. The third-order valence-corrected chi connectivity index (χ3v) is 4.43. The zero-order valence-electron chi connectivity index (χ0n) is 11.9. The van der Waals surface area contributed by atoms with E-state index in [1.165, 1.54) is 18.3 Å². The lowest BCUT2D eigenvalue weighted by molar-refractivity contribution is 0.0985. The lowest BCUT2D eigenvalue weighted by atomic mass is 10.2. The molecule has 0 saturated heterocycles. The van der Waals surface area contributed by atoms with E-state index in [0.29, 0.717) is 17.8 Å². The number of pyridine rings is 1. The fourth-order valence-corrected chi connectivity index (χ4v) is 3.04. The maximum atomic E-state index is 13.2. The first-order valence-corrected chi connectivity index (χ1v) is 8.11. The fourth-order valence-electron chi connectivity index (χ4n) is 2.15. The Kier molecular flexibility index (Phi) is 4.69. The second-order valence-electron chi connectivity index (χ2n) is 4.79. The van der Waals surface area contributed by atoms with E-state index >= 15 is 0 Å². The Morgan fingerprint density at radius 1 is 1.17 bits per heavy atom. The number of carbonyl (C=O) groups excluding carboxylic acids is 1. The van der Waals surface area contributed by atoms with Gasteiger partial charge in [-0.3, -0.25) is 4.79 Å². The molecule has 1 amide bonds. The van der Waals surface area contributed by atoms with Gasteiger partial charge >= 0.3 is 0 Å². The number of hydrogen-bond acceptors (Lipinski definition) is 3. The number of benzene rings is 1. The number of nitrogens with zero attached hydrogens (tertiary/aromatic N) is 2. The van der Waals surface area contributed by atoms with E-state index in [4.69, 9.17) is 11.6 Å². The third kappa shape index (κ3) is 3.57. The molecule has 0 unspecified atom stereocenters. The third-order valence-electron chi connectivity index (χ3n) is 3.27. The maximum absolute atomic E-state index is 13.2. The van der Waals surface area contributed by atoms with Crippen molar-refractivity contribution in [2.75, 3.05) is 4.90 Å². The van der Waals surface area contributed by atoms with Crippen molar-refractivity contribution < 1.29 is 9.18 Å². The van der Waals surface area contributed by atoms with Crippen LogP contribution in [-0.4, -0.2) is 10.9 Å². The molecule has 1 aromatic carbocycles. The van der Waals surface area contributed by atoms with Gasteiger partial charge in [0, 0.05) is 16.8 Å². The Hall–Kier alpha value is -2.24. The van der Waals surface area contributed by atoms with Crippen LogP contribution in [0.5, 0.6) is 0 Å². The van der Waals surface area contributed by atoms with Crippen LogP contribution in [0.25, 0.3) is 0 Å². The summed E-state index contributed by atoms with van der Waals surface area (Å²) in [6.45, 7) is 0.382. The van der Waals surface area contributed by atoms with Crippen LogP contribution in [0.2, 0.25) is 5.15 Å². The molecule has 3 aromatic rings. The average molecular weight is 347 g/mol. The minimum absolute atomic E-state index is 0.149. The van der Waals surface area contributed by atoms with E-state index in [9.17, 15) is 9.18 Å². The topological polar surface area (TPSA) is 33.2 Å². The number of hydrogen-bond donors (Lipinski definition) is 0. The first-order valence-electron chi connectivity index (χ1n) is 6.85. The molecule has 0 bridgehead atoms. The summed E-state index contributed by atoms with van der Waals surface area (Å²) in [6, 6.07) is 13.0. The Labute approximate surface area is 142 Å². The van der Waals surface area contributed by atoms with Crippen LogP contribution in [0, 0.1) is 5.82 Å². The van der Waals surface area contributed by atoms with Gasteiger partial charge in [0.2, 0.25) is 0 Å². The highest BCUT2D eigenvalue weighted by atomic mass is 35.5. The van der Waals surface area contributed by atoms with E-state index < -0.39 is 0 Å². The summed E-state index contributed by atoms with van der Waals surface area (Å²) in [4.78, 5) is 19.4. The smallest absolute Gasteiger partial charge is 0.261 e. The quantitative estimate of drug-likeness (QED) is 0.637. The summed E-state index contributed by atoms with van der Waals surface area (Å²) in [5.41, 5.74) is 0.916. The van der Waals surface area contributed by atoms with Gasteiger partial charge in [0.15, 0.2) is 0 Å². The van der Waals surface area contributed by atoms with Crippen molar-refractivity contribution in [3.05, 3.63) is 81.5 Å². The van der Waals surface area contributed by atoms with E-state index in [1.54, 1.807) is 40.5 Å². The first-order chi connectivity index (χ1) is 11.1. The van der Waals surface area contributed by atoms with Crippen molar-refractivity contribution in [1.29, 1.82) is 0 Å². The number of anilines is 1. The summed E-state index contributed by atoms with van der Waals surface area (Å²) in [6.07, 6.45) is 1.53. The van der Waals surface area contributed by atoms with Crippen LogP contribution in [0.3, 0.4) is 0 Å². The number of rotatable bonds is 4. The molecule has 0 aliphatic carbocycles. The normalized spacial score (nSPS) is 10.5. The van der Waals surface area contributed by atoms with Crippen molar-refractivity contribution in [1.82, 2.24) is 4.98 Å². The Morgan fingerprint density at radius 2 is 1.96 bits per heavy atom. The van der Waals surface area contributed by atoms with E-state index in [0.717, 1.165) is 4.88 Å². The highest BCUT2D eigenvalue weighted by Gasteiger charge is 2.21. The lowest BCUT2D eigenvalue weighted by Crippen LogP contribution is -2.30. The maximum Gasteiger partial charge on any atom is 0.261 e. The van der Waals surface area contributed by atoms with Crippen LogP contribution in [0.1, 0.15) is 15.2 Å². The Balaban J connectivity index is 1.99. The molecule has 6 heteroatoms. The minimum atomic E-state index is -0.350. The van der Waals surface area contributed by atoms with Crippen molar-refractivity contribution in [3.63, 3.8) is 0 Å². The van der Waals surface area contributed by atoms with Gasteiger partial charge in [-0.2, -0.15) is 0 Å². The highest BCUT2D eigenvalue weighted by molar-refractivity contribution is 7.09. The van der Waals surface area contributed by atoms with Gasteiger partial charge in [-0.05, 0) is 47.8 Å². The van der Waals surface area contributed by atoms with Crippen molar-refractivity contribution in [2.45, 2.75) is 6.54 Å². The summed E-state index contributed by atoms with van der Waals surface area (Å²) in [7, 11) is 0. The van der Waals surface area contributed by atoms with Crippen LogP contribution in [0.4, 0.5) is 10.1 Å². The number of aromatic nitrogens is 1. The largest absolute Gasteiger partial charge is 0.303 e. The monoisotopic (exact) mass is 346 g/mol. The molecule has 0 radical (unpaired) electrons.